The molecule has 0 aliphatic heterocycles. The zero-order chi connectivity index (χ0) is 19.0. The average molecular weight is 398 g/mol. The monoisotopic (exact) mass is 397 g/mol. The van der Waals surface area contributed by atoms with E-state index in [4.69, 9.17) is 9.72 Å². The van der Waals surface area contributed by atoms with Crippen molar-refractivity contribution < 1.29 is 4.74 Å². The Morgan fingerprint density at radius 1 is 1.15 bits per heavy atom. The van der Waals surface area contributed by atoms with E-state index in [1.807, 2.05) is 43.8 Å². The second kappa shape index (κ2) is 7.13. The summed E-state index contributed by atoms with van der Waals surface area (Å²) in [5, 5.41) is 11.6. The summed E-state index contributed by atoms with van der Waals surface area (Å²) in [6, 6.07) is 8.02. The molecule has 0 radical (unpaired) electrons. The fourth-order valence-corrected chi connectivity index (χ4v) is 4.61. The third-order valence-electron chi connectivity index (χ3n) is 4.20. The van der Waals surface area contributed by atoms with Gasteiger partial charge in [0.25, 0.3) is 0 Å². The first-order valence-electron chi connectivity index (χ1n) is 8.38. The normalized spacial score (nSPS) is 11.0. The molecular formula is C19H19N5OS2. The van der Waals surface area contributed by atoms with Crippen LogP contribution < -0.4 is 10.1 Å². The van der Waals surface area contributed by atoms with Gasteiger partial charge in [0.1, 0.15) is 5.75 Å². The van der Waals surface area contributed by atoms with E-state index in [1.54, 1.807) is 36.0 Å². The van der Waals surface area contributed by atoms with Crippen LogP contribution in [0, 0.1) is 13.8 Å². The number of benzene rings is 1. The van der Waals surface area contributed by atoms with Crippen LogP contribution in [-0.4, -0.2) is 26.9 Å². The van der Waals surface area contributed by atoms with Crippen molar-refractivity contribution >= 4 is 33.5 Å². The quantitative estimate of drug-likeness (QED) is 0.511. The topological polar surface area (TPSA) is 64.9 Å². The molecule has 0 atom stereocenters. The maximum atomic E-state index is 5.52. The molecule has 0 bridgehead atoms. The summed E-state index contributed by atoms with van der Waals surface area (Å²) in [6.45, 7) is 4.03. The highest BCUT2D eigenvalue weighted by molar-refractivity contribution is 7.16. The van der Waals surface area contributed by atoms with Crippen LogP contribution in [0.25, 0.3) is 21.8 Å². The predicted molar refractivity (Wildman–Crippen MR) is 111 cm³/mol. The number of hydrogen-bond donors (Lipinski definition) is 1. The Kier molecular flexibility index (Phi) is 4.67. The maximum Gasteiger partial charge on any atom is 0.187 e. The minimum Gasteiger partial charge on any atom is -0.495 e. The van der Waals surface area contributed by atoms with Gasteiger partial charge in [0.2, 0.25) is 0 Å². The summed E-state index contributed by atoms with van der Waals surface area (Å²) in [7, 11) is 3.60. The highest BCUT2D eigenvalue weighted by Gasteiger charge is 2.14. The van der Waals surface area contributed by atoms with Crippen LogP contribution in [0.5, 0.6) is 5.75 Å². The SMILES string of the molecule is COc1ccc(-c2ccnn2C)cc1Nc1nc(-c2sc(C)nc2C)cs1. The highest BCUT2D eigenvalue weighted by atomic mass is 32.1. The fourth-order valence-electron chi connectivity index (χ4n) is 2.94. The lowest BCUT2D eigenvalue weighted by atomic mass is 10.1. The molecule has 3 heterocycles. The molecule has 0 saturated carbocycles. The number of methoxy groups -OCH3 is 1. The second-order valence-corrected chi connectivity index (χ2v) is 8.13. The largest absolute Gasteiger partial charge is 0.495 e. The molecule has 0 amide bonds. The molecule has 4 rings (SSSR count). The van der Waals surface area contributed by atoms with Crippen LogP contribution in [-0.2, 0) is 7.05 Å². The van der Waals surface area contributed by atoms with Crippen LogP contribution in [0.3, 0.4) is 0 Å². The average Bonchev–Trinajstić information content (AvgIpc) is 3.35. The smallest absolute Gasteiger partial charge is 0.187 e. The van der Waals surface area contributed by atoms with Gasteiger partial charge in [-0.05, 0) is 38.1 Å². The van der Waals surface area contributed by atoms with E-state index in [2.05, 4.69) is 26.8 Å². The summed E-state index contributed by atoms with van der Waals surface area (Å²) >= 11 is 3.23. The van der Waals surface area contributed by atoms with Gasteiger partial charge in [-0.2, -0.15) is 5.10 Å². The molecule has 4 aromatic rings. The Bertz CT molecular complexity index is 1100. The molecule has 0 aliphatic rings. The second-order valence-electron chi connectivity index (χ2n) is 6.07. The van der Waals surface area contributed by atoms with Crippen molar-refractivity contribution in [1.29, 1.82) is 0 Å². The zero-order valence-corrected chi connectivity index (χ0v) is 17.1. The third-order valence-corrected chi connectivity index (χ3v) is 6.05. The first-order chi connectivity index (χ1) is 13.0. The Balaban J connectivity index is 1.66. The van der Waals surface area contributed by atoms with Crippen molar-refractivity contribution in [2.24, 2.45) is 7.05 Å². The van der Waals surface area contributed by atoms with E-state index in [9.17, 15) is 0 Å². The first kappa shape index (κ1) is 17.7. The van der Waals surface area contributed by atoms with Gasteiger partial charge < -0.3 is 10.1 Å². The number of thiazole rings is 2. The first-order valence-corrected chi connectivity index (χ1v) is 10.1. The molecule has 138 valence electrons. The van der Waals surface area contributed by atoms with Gasteiger partial charge in [-0.15, -0.1) is 22.7 Å². The Hall–Kier alpha value is -2.71. The van der Waals surface area contributed by atoms with Crippen LogP contribution in [0.2, 0.25) is 0 Å². The summed E-state index contributed by atoms with van der Waals surface area (Å²) in [5.41, 5.74) is 4.94. The molecule has 27 heavy (non-hydrogen) atoms. The van der Waals surface area contributed by atoms with Crippen molar-refractivity contribution in [3.63, 3.8) is 0 Å². The van der Waals surface area contributed by atoms with Gasteiger partial charge in [0, 0.05) is 24.2 Å². The predicted octanol–water partition coefficient (Wildman–Crippen LogP) is 5.04. The van der Waals surface area contributed by atoms with E-state index in [0.29, 0.717) is 0 Å². The molecule has 0 aliphatic carbocycles. The van der Waals surface area contributed by atoms with E-state index in [0.717, 1.165) is 49.1 Å². The molecule has 0 unspecified atom stereocenters. The van der Waals surface area contributed by atoms with E-state index in [-0.39, 0.29) is 0 Å². The number of anilines is 2. The van der Waals surface area contributed by atoms with Gasteiger partial charge in [0.05, 0.1) is 39.8 Å². The highest BCUT2D eigenvalue weighted by Crippen LogP contribution is 2.36. The van der Waals surface area contributed by atoms with Gasteiger partial charge in [0.15, 0.2) is 5.13 Å². The minimum atomic E-state index is 0.766. The van der Waals surface area contributed by atoms with Crippen LogP contribution in [0.1, 0.15) is 10.7 Å². The minimum absolute atomic E-state index is 0.766. The molecule has 0 spiro atoms. The van der Waals surface area contributed by atoms with Gasteiger partial charge in [-0.1, -0.05) is 0 Å². The lowest BCUT2D eigenvalue weighted by Crippen LogP contribution is -1.97. The van der Waals surface area contributed by atoms with Gasteiger partial charge >= 0.3 is 0 Å². The van der Waals surface area contributed by atoms with Crippen molar-refractivity contribution in [2.45, 2.75) is 13.8 Å². The summed E-state index contributed by atoms with van der Waals surface area (Å²) in [5.74, 6) is 0.766. The number of aryl methyl sites for hydroxylation is 3. The molecule has 0 saturated heterocycles. The maximum absolute atomic E-state index is 5.52. The number of rotatable bonds is 5. The van der Waals surface area contributed by atoms with Crippen LogP contribution in [0.15, 0.2) is 35.8 Å². The van der Waals surface area contributed by atoms with Gasteiger partial charge in [-0.25, -0.2) is 9.97 Å². The molecule has 1 N–H and O–H groups in total. The molecule has 6 nitrogen and oxygen atoms in total. The fraction of sp³-hybridized carbons (Fsp3) is 0.211. The van der Waals surface area contributed by atoms with Crippen molar-refractivity contribution in [1.82, 2.24) is 19.7 Å². The summed E-state index contributed by atoms with van der Waals surface area (Å²) in [6.07, 6.45) is 1.79. The molecule has 0 fully saturated rings. The van der Waals surface area contributed by atoms with Crippen LogP contribution in [0.4, 0.5) is 10.8 Å². The zero-order valence-electron chi connectivity index (χ0n) is 15.5. The van der Waals surface area contributed by atoms with E-state index in [1.165, 1.54) is 0 Å². The summed E-state index contributed by atoms with van der Waals surface area (Å²) in [4.78, 5) is 10.3. The number of aromatic nitrogens is 4. The number of hydrogen-bond acceptors (Lipinski definition) is 7. The molecule has 8 heteroatoms. The number of nitrogens with zero attached hydrogens (tertiary/aromatic N) is 4. The van der Waals surface area contributed by atoms with Gasteiger partial charge in [-0.3, -0.25) is 4.68 Å². The van der Waals surface area contributed by atoms with E-state index < -0.39 is 0 Å². The Morgan fingerprint density at radius 3 is 2.67 bits per heavy atom. The number of ether oxygens (including phenoxy) is 1. The number of nitrogens with one attached hydrogen (secondary N) is 1. The third kappa shape index (κ3) is 3.45. The lowest BCUT2D eigenvalue weighted by molar-refractivity contribution is 0.417. The van der Waals surface area contributed by atoms with Crippen LogP contribution >= 0.6 is 22.7 Å². The molecular weight excluding hydrogens is 378 g/mol. The Morgan fingerprint density at radius 2 is 2.00 bits per heavy atom. The van der Waals surface area contributed by atoms with Crippen molar-refractivity contribution in [2.75, 3.05) is 12.4 Å². The van der Waals surface area contributed by atoms with Crippen molar-refractivity contribution in [3.05, 3.63) is 46.5 Å². The van der Waals surface area contributed by atoms with Crippen molar-refractivity contribution in [3.8, 4) is 27.6 Å². The van der Waals surface area contributed by atoms with E-state index >= 15 is 0 Å². The molecule has 3 aromatic heterocycles. The Labute approximate surface area is 165 Å². The molecule has 1 aromatic carbocycles. The summed E-state index contributed by atoms with van der Waals surface area (Å²) < 4.78 is 7.37. The lowest BCUT2D eigenvalue weighted by Gasteiger charge is -2.11. The standard InChI is InChI=1S/C19H19N5OS2/c1-11-18(27-12(2)21-11)15-10-26-19(23-15)22-14-9-13(5-6-17(14)25-4)16-7-8-20-24(16)3/h5-10H,1-4H3,(H,22,23).